The molecule has 1 fully saturated rings. The van der Waals surface area contributed by atoms with E-state index in [0.29, 0.717) is 30.6 Å². The molecule has 0 aromatic heterocycles. The van der Waals surface area contributed by atoms with E-state index in [-0.39, 0.29) is 11.8 Å². The number of carboxylic acid groups (broad SMARTS) is 1. The van der Waals surface area contributed by atoms with Gasteiger partial charge in [0, 0.05) is 24.3 Å². The zero-order valence-electron chi connectivity index (χ0n) is 15.5. The molecule has 0 saturated heterocycles. The molecule has 146 valence electrons. The Labute approximate surface area is 164 Å². The molecule has 0 bridgehead atoms. The van der Waals surface area contributed by atoms with Crippen molar-refractivity contribution in [1.29, 1.82) is 0 Å². The standard InChI is InChI=1S/C22H24N2O4/c25-20(23-14-15-8-2-1-3-9-15)18-12-6-7-13-19(18)24-21(26)16-10-4-5-11-17(16)22(27)28/h1-3,6-9,12-13,16-17H,4-5,10-11,14H2,(H,23,25)(H,24,26)(H,27,28)/p-1/t16-,17-/m1/s1. The molecular formula is C22H23N2O4-. The Balaban J connectivity index is 1.70. The lowest BCUT2D eigenvalue weighted by molar-refractivity contribution is -0.313. The van der Waals surface area contributed by atoms with Gasteiger partial charge in [0.25, 0.3) is 5.91 Å². The molecule has 0 radical (unpaired) electrons. The Bertz CT molecular complexity index is 851. The van der Waals surface area contributed by atoms with Crippen molar-refractivity contribution in [3.05, 3.63) is 65.7 Å². The fraction of sp³-hybridized carbons (Fsp3) is 0.318. The maximum atomic E-state index is 12.7. The fourth-order valence-electron chi connectivity index (χ4n) is 3.62. The molecule has 6 nitrogen and oxygen atoms in total. The van der Waals surface area contributed by atoms with Gasteiger partial charge in [-0.05, 0) is 30.5 Å². The third-order valence-corrected chi connectivity index (χ3v) is 5.13. The minimum atomic E-state index is -1.19. The molecule has 2 amide bonds. The van der Waals surface area contributed by atoms with Gasteiger partial charge in [0.15, 0.2) is 0 Å². The Kier molecular flexibility index (Phi) is 6.42. The average Bonchev–Trinajstić information content (AvgIpc) is 2.73. The highest BCUT2D eigenvalue weighted by molar-refractivity contribution is 6.04. The summed E-state index contributed by atoms with van der Waals surface area (Å²) in [5.74, 6) is -3.29. The summed E-state index contributed by atoms with van der Waals surface area (Å²) in [4.78, 5) is 36.7. The van der Waals surface area contributed by atoms with Crippen LogP contribution in [0, 0.1) is 11.8 Å². The minimum absolute atomic E-state index is 0.306. The molecule has 28 heavy (non-hydrogen) atoms. The van der Waals surface area contributed by atoms with E-state index in [0.717, 1.165) is 18.4 Å². The molecule has 0 unspecified atom stereocenters. The molecule has 1 saturated carbocycles. The van der Waals surface area contributed by atoms with Crippen molar-refractivity contribution in [2.75, 3.05) is 5.32 Å². The lowest BCUT2D eigenvalue weighted by atomic mass is 9.78. The molecule has 0 spiro atoms. The van der Waals surface area contributed by atoms with E-state index in [4.69, 9.17) is 0 Å². The third kappa shape index (κ3) is 4.76. The van der Waals surface area contributed by atoms with Crippen LogP contribution in [0.4, 0.5) is 5.69 Å². The first-order valence-corrected chi connectivity index (χ1v) is 9.49. The van der Waals surface area contributed by atoms with E-state index in [1.165, 1.54) is 0 Å². The van der Waals surface area contributed by atoms with Crippen LogP contribution in [0.2, 0.25) is 0 Å². The molecule has 2 atom stereocenters. The second kappa shape index (κ2) is 9.17. The summed E-state index contributed by atoms with van der Waals surface area (Å²) in [6, 6.07) is 16.2. The van der Waals surface area contributed by atoms with Gasteiger partial charge in [-0.3, -0.25) is 9.59 Å². The van der Waals surface area contributed by atoms with Crippen LogP contribution in [0.5, 0.6) is 0 Å². The van der Waals surface area contributed by atoms with Crippen molar-refractivity contribution in [1.82, 2.24) is 5.32 Å². The fourth-order valence-corrected chi connectivity index (χ4v) is 3.62. The van der Waals surface area contributed by atoms with Crippen molar-refractivity contribution in [2.24, 2.45) is 11.8 Å². The zero-order chi connectivity index (χ0) is 19.9. The van der Waals surface area contributed by atoms with Crippen LogP contribution in [0.3, 0.4) is 0 Å². The first-order chi connectivity index (χ1) is 13.6. The van der Waals surface area contributed by atoms with Crippen LogP contribution >= 0.6 is 0 Å². The van der Waals surface area contributed by atoms with Crippen LogP contribution in [-0.2, 0) is 16.1 Å². The summed E-state index contributed by atoms with van der Waals surface area (Å²) < 4.78 is 0. The Morgan fingerprint density at radius 1 is 0.893 bits per heavy atom. The summed E-state index contributed by atoms with van der Waals surface area (Å²) >= 11 is 0. The molecule has 1 aliphatic rings. The van der Waals surface area contributed by atoms with Crippen LogP contribution in [0.1, 0.15) is 41.6 Å². The van der Waals surface area contributed by atoms with Crippen molar-refractivity contribution >= 4 is 23.5 Å². The largest absolute Gasteiger partial charge is 0.550 e. The lowest BCUT2D eigenvalue weighted by Gasteiger charge is -2.31. The molecule has 2 N–H and O–H groups in total. The highest BCUT2D eigenvalue weighted by atomic mass is 16.4. The number of nitrogens with one attached hydrogen (secondary N) is 2. The van der Waals surface area contributed by atoms with E-state index in [1.807, 2.05) is 30.3 Å². The van der Waals surface area contributed by atoms with Gasteiger partial charge in [-0.1, -0.05) is 55.3 Å². The number of rotatable bonds is 6. The van der Waals surface area contributed by atoms with Gasteiger partial charge in [-0.15, -0.1) is 0 Å². The third-order valence-electron chi connectivity index (χ3n) is 5.13. The number of para-hydroxylation sites is 1. The molecule has 6 heteroatoms. The highest BCUT2D eigenvalue weighted by Gasteiger charge is 2.32. The molecule has 3 rings (SSSR count). The SMILES string of the molecule is O=C(NCc1ccccc1)c1ccccc1NC(=O)[C@@H]1CCCC[C@H]1C(=O)[O-]. The van der Waals surface area contributed by atoms with Crippen molar-refractivity contribution in [2.45, 2.75) is 32.2 Å². The Morgan fingerprint density at radius 2 is 1.54 bits per heavy atom. The van der Waals surface area contributed by atoms with Gasteiger partial charge < -0.3 is 20.5 Å². The van der Waals surface area contributed by atoms with Crippen LogP contribution in [0.15, 0.2) is 54.6 Å². The van der Waals surface area contributed by atoms with Gasteiger partial charge in [0.05, 0.1) is 11.3 Å². The zero-order valence-corrected chi connectivity index (χ0v) is 15.5. The number of carboxylic acids is 1. The molecule has 2 aromatic carbocycles. The van der Waals surface area contributed by atoms with E-state index in [1.54, 1.807) is 24.3 Å². The maximum absolute atomic E-state index is 12.7. The summed E-state index contributed by atoms with van der Waals surface area (Å²) in [6.45, 7) is 0.372. The van der Waals surface area contributed by atoms with Gasteiger partial charge in [0.2, 0.25) is 5.91 Å². The van der Waals surface area contributed by atoms with Crippen molar-refractivity contribution in [3.8, 4) is 0 Å². The topological polar surface area (TPSA) is 98.3 Å². The number of aliphatic carboxylic acids is 1. The average molecular weight is 379 g/mol. The van der Waals surface area contributed by atoms with Crippen LogP contribution in [0.25, 0.3) is 0 Å². The van der Waals surface area contributed by atoms with Gasteiger partial charge in [-0.25, -0.2) is 0 Å². The van der Waals surface area contributed by atoms with E-state index >= 15 is 0 Å². The first kappa shape index (κ1) is 19.6. The molecular weight excluding hydrogens is 356 g/mol. The predicted octanol–water partition coefficient (Wildman–Crippen LogP) is 2.11. The van der Waals surface area contributed by atoms with Crippen LogP contribution < -0.4 is 15.7 Å². The normalized spacial score (nSPS) is 18.9. The van der Waals surface area contributed by atoms with E-state index < -0.39 is 17.8 Å². The number of benzene rings is 2. The van der Waals surface area contributed by atoms with Gasteiger partial charge in [-0.2, -0.15) is 0 Å². The minimum Gasteiger partial charge on any atom is -0.550 e. The maximum Gasteiger partial charge on any atom is 0.253 e. The second-order valence-electron chi connectivity index (χ2n) is 7.02. The number of hydrogen-bond acceptors (Lipinski definition) is 4. The monoisotopic (exact) mass is 379 g/mol. The van der Waals surface area contributed by atoms with Crippen molar-refractivity contribution < 1.29 is 19.5 Å². The summed E-state index contributed by atoms with van der Waals surface area (Å²) in [5.41, 5.74) is 1.68. The van der Waals surface area contributed by atoms with E-state index in [9.17, 15) is 19.5 Å². The van der Waals surface area contributed by atoms with Gasteiger partial charge >= 0.3 is 0 Å². The lowest BCUT2D eigenvalue weighted by Crippen LogP contribution is -2.42. The molecule has 0 heterocycles. The first-order valence-electron chi connectivity index (χ1n) is 9.49. The number of carbonyl (C=O) groups is 3. The highest BCUT2D eigenvalue weighted by Crippen LogP contribution is 2.31. The number of hydrogen-bond donors (Lipinski definition) is 2. The van der Waals surface area contributed by atoms with Crippen molar-refractivity contribution in [3.63, 3.8) is 0 Å². The Hall–Kier alpha value is -3.15. The number of anilines is 1. The molecule has 1 aliphatic carbocycles. The Morgan fingerprint density at radius 3 is 2.25 bits per heavy atom. The molecule has 2 aromatic rings. The summed E-state index contributed by atoms with van der Waals surface area (Å²) in [6.07, 6.45) is 2.54. The second-order valence-corrected chi connectivity index (χ2v) is 7.02. The number of amides is 2. The summed E-state index contributed by atoms with van der Waals surface area (Å²) in [5, 5.41) is 17.0. The molecule has 0 aliphatic heterocycles. The summed E-state index contributed by atoms with van der Waals surface area (Å²) in [7, 11) is 0. The smallest absolute Gasteiger partial charge is 0.253 e. The van der Waals surface area contributed by atoms with Gasteiger partial charge in [0.1, 0.15) is 0 Å². The quantitative estimate of drug-likeness (QED) is 0.803. The number of carbonyl (C=O) groups excluding carboxylic acids is 3. The van der Waals surface area contributed by atoms with E-state index in [2.05, 4.69) is 10.6 Å². The predicted molar refractivity (Wildman–Crippen MR) is 103 cm³/mol. The van der Waals surface area contributed by atoms with Crippen LogP contribution in [-0.4, -0.2) is 17.8 Å².